The maximum atomic E-state index is 14.3. The highest BCUT2D eigenvalue weighted by Gasteiger charge is 2.24. The third kappa shape index (κ3) is 4.27. The van der Waals surface area contributed by atoms with E-state index in [1.807, 2.05) is 0 Å². The van der Waals surface area contributed by atoms with Crippen LogP contribution < -0.4 is 4.74 Å². The molecule has 25 heavy (non-hydrogen) atoms. The number of hydrogen-bond donors (Lipinski definition) is 0. The fourth-order valence-electron chi connectivity index (χ4n) is 2.03. The minimum Gasteiger partial charge on any atom is -0.459 e. The predicted octanol–water partition coefficient (Wildman–Crippen LogP) is 4.81. The molecule has 0 saturated heterocycles. The number of carbonyl (C=O) groups excluding carboxylic acids is 1. The monoisotopic (exact) mass is 440 g/mol. The Kier molecular flexibility index (Phi) is 5.99. The molecule has 0 bridgehead atoms. The number of aromatic nitrogens is 2. The first-order valence-corrected chi connectivity index (χ1v) is 8.16. The Balaban J connectivity index is 2.55. The van der Waals surface area contributed by atoms with Crippen LogP contribution in [0.25, 0.3) is 11.3 Å². The van der Waals surface area contributed by atoms with Gasteiger partial charge in [0.1, 0.15) is 16.0 Å². The molecule has 0 aliphatic rings. The molecular formula is C15H13BrClF3N2O3. The smallest absolute Gasteiger partial charge is 0.388 e. The van der Waals surface area contributed by atoms with Crippen LogP contribution >= 0.6 is 27.5 Å². The number of esters is 1. The lowest BCUT2D eigenvalue weighted by Gasteiger charge is -2.11. The average Bonchev–Trinajstić information content (AvgIpc) is 2.74. The van der Waals surface area contributed by atoms with E-state index < -0.39 is 24.5 Å². The summed E-state index contributed by atoms with van der Waals surface area (Å²) in [4.78, 5) is 12.1. The maximum absolute atomic E-state index is 14.3. The van der Waals surface area contributed by atoms with Gasteiger partial charge in [-0.2, -0.15) is 13.9 Å². The van der Waals surface area contributed by atoms with E-state index >= 15 is 0 Å². The van der Waals surface area contributed by atoms with Crippen LogP contribution in [0.5, 0.6) is 5.88 Å². The van der Waals surface area contributed by atoms with Crippen LogP contribution in [-0.2, 0) is 11.8 Å². The fourth-order valence-corrected chi connectivity index (χ4v) is 2.90. The van der Waals surface area contributed by atoms with Gasteiger partial charge >= 0.3 is 12.6 Å². The second-order valence-electron chi connectivity index (χ2n) is 5.24. The zero-order chi connectivity index (χ0) is 18.9. The highest BCUT2D eigenvalue weighted by Crippen LogP contribution is 2.38. The molecule has 5 nitrogen and oxygen atoms in total. The Morgan fingerprint density at radius 2 is 2.00 bits per heavy atom. The molecule has 0 aliphatic heterocycles. The standard InChI is InChI=1S/C15H13BrClF3N2O3/c1-6(2)24-14(23)7-4-8(10(18)5-9(7)17)12-11(16)13(22(3)21-12)25-15(19)20/h4-6,15H,1-3H3. The van der Waals surface area contributed by atoms with Gasteiger partial charge in [-0.25, -0.2) is 13.9 Å². The second-order valence-corrected chi connectivity index (χ2v) is 6.44. The van der Waals surface area contributed by atoms with E-state index in [1.54, 1.807) is 13.8 Å². The maximum Gasteiger partial charge on any atom is 0.388 e. The van der Waals surface area contributed by atoms with Crippen molar-refractivity contribution in [3.63, 3.8) is 0 Å². The lowest BCUT2D eigenvalue weighted by molar-refractivity contribution is -0.0558. The number of alkyl halides is 2. The Labute approximate surface area is 154 Å². The second kappa shape index (κ2) is 7.65. The summed E-state index contributed by atoms with van der Waals surface area (Å²) in [7, 11) is 1.35. The summed E-state index contributed by atoms with van der Waals surface area (Å²) < 4.78 is 49.7. The Morgan fingerprint density at radius 1 is 1.36 bits per heavy atom. The van der Waals surface area contributed by atoms with Crippen LogP contribution in [0, 0.1) is 5.82 Å². The molecule has 0 fully saturated rings. The number of halogens is 5. The van der Waals surface area contributed by atoms with Crippen molar-refractivity contribution in [1.29, 1.82) is 0 Å². The molecule has 0 spiro atoms. The molecule has 1 heterocycles. The van der Waals surface area contributed by atoms with Gasteiger partial charge in [0, 0.05) is 12.6 Å². The quantitative estimate of drug-likeness (QED) is 0.625. The van der Waals surface area contributed by atoms with Crippen LogP contribution in [0.15, 0.2) is 16.6 Å². The number of benzene rings is 1. The van der Waals surface area contributed by atoms with Crippen molar-refractivity contribution in [3.8, 4) is 17.1 Å². The van der Waals surface area contributed by atoms with Gasteiger partial charge in [0.25, 0.3) is 0 Å². The summed E-state index contributed by atoms with van der Waals surface area (Å²) in [6.45, 7) is 0.227. The molecule has 0 saturated carbocycles. The molecule has 0 amide bonds. The summed E-state index contributed by atoms with van der Waals surface area (Å²) in [5.41, 5.74) is -0.210. The molecule has 0 atom stereocenters. The highest BCUT2D eigenvalue weighted by molar-refractivity contribution is 9.10. The van der Waals surface area contributed by atoms with Crippen molar-refractivity contribution < 1.29 is 27.4 Å². The van der Waals surface area contributed by atoms with Crippen LogP contribution in [0.2, 0.25) is 5.02 Å². The first-order chi connectivity index (χ1) is 11.6. The van der Waals surface area contributed by atoms with Crippen molar-refractivity contribution >= 4 is 33.5 Å². The minimum atomic E-state index is -3.08. The lowest BCUT2D eigenvalue weighted by Crippen LogP contribution is -2.12. The molecule has 1 aromatic carbocycles. The number of hydrogen-bond acceptors (Lipinski definition) is 4. The number of rotatable bonds is 5. The molecule has 10 heteroatoms. The molecule has 0 radical (unpaired) electrons. The van der Waals surface area contributed by atoms with Crippen LogP contribution in [-0.4, -0.2) is 28.5 Å². The zero-order valence-electron chi connectivity index (χ0n) is 13.3. The Bertz CT molecular complexity index is 812. The van der Waals surface area contributed by atoms with E-state index in [2.05, 4.69) is 25.8 Å². The minimum absolute atomic E-state index is 0.0136. The number of carbonyl (C=O) groups is 1. The van der Waals surface area contributed by atoms with Gasteiger partial charge in [-0.1, -0.05) is 11.6 Å². The third-order valence-corrected chi connectivity index (χ3v) is 4.04. The van der Waals surface area contributed by atoms with E-state index in [9.17, 15) is 18.0 Å². The molecule has 136 valence electrons. The molecule has 1 aromatic heterocycles. The summed E-state index contributed by atoms with van der Waals surface area (Å²) in [5, 5.41) is 3.83. The lowest BCUT2D eigenvalue weighted by atomic mass is 10.1. The van der Waals surface area contributed by atoms with Gasteiger partial charge in [-0.3, -0.25) is 0 Å². The SMILES string of the molecule is CC(C)OC(=O)c1cc(-c2nn(C)c(OC(F)F)c2Br)c(F)cc1Cl. The first-order valence-electron chi connectivity index (χ1n) is 6.99. The van der Waals surface area contributed by atoms with E-state index in [1.165, 1.54) is 7.05 Å². The largest absolute Gasteiger partial charge is 0.459 e. The van der Waals surface area contributed by atoms with Gasteiger partial charge in [0.2, 0.25) is 5.88 Å². The van der Waals surface area contributed by atoms with Crippen molar-refractivity contribution in [1.82, 2.24) is 9.78 Å². The summed E-state index contributed by atoms with van der Waals surface area (Å²) in [6, 6.07) is 2.09. The van der Waals surface area contributed by atoms with Gasteiger partial charge in [-0.05, 0) is 41.9 Å². The Morgan fingerprint density at radius 3 is 2.56 bits per heavy atom. The van der Waals surface area contributed by atoms with Gasteiger partial charge in [-0.15, -0.1) is 0 Å². The van der Waals surface area contributed by atoms with E-state index in [-0.39, 0.29) is 32.2 Å². The molecule has 2 aromatic rings. The van der Waals surface area contributed by atoms with Crippen molar-refractivity contribution in [2.45, 2.75) is 26.6 Å². The molecule has 0 N–H and O–H groups in total. The first kappa shape index (κ1) is 19.6. The average molecular weight is 442 g/mol. The topological polar surface area (TPSA) is 53.3 Å². The predicted molar refractivity (Wildman–Crippen MR) is 88.5 cm³/mol. The Hall–Kier alpha value is -1.74. The molecular weight excluding hydrogens is 429 g/mol. The van der Waals surface area contributed by atoms with E-state index in [4.69, 9.17) is 16.3 Å². The fraction of sp³-hybridized carbons (Fsp3) is 0.333. The molecule has 0 unspecified atom stereocenters. The summed E-state index contributed by atoms with van der Waals surface area (Å²) >= 11 is 8.97. The summed E-state index contributed by atoms with van der Waals surface area (Å²) in [5.74, 6) is -1.81. The zero-order valence-corrected chi connectivity index (χ0v) is 15.7. The molecule has 0 aliphatic carbocycles. The van der Waals surface area contributed by atoms with Crippen molar-refractivity contribution in [2.24, 2.45) is 7.05 Å². The third-order valence-electron chi connectivity index (χ3n) is 3.01. The van der Waals surface area contributed by atoms with Gasteiger partial charge in [0.05, 0.1) is 16.7 Å². The van der Waals surface area contributed by atoms with Crippen molar-refractivity contribution in [2.75, 3.05) is 0 Å². The highest BCUT2D eigenvalue weighted by atomic mass is 79.9. The van der Waals surface area contributed by atoms with Gasteiger partial charge < -0.3 is 9.47 Å². The molecule has 2 rings (SSSR count). The van der Waals surface area contributed by atoms with Crippen LogP contribution in [0.1, 0.15) is 24.2 Å². The van der Waals surface area contributed by atoms with Gasteiger partial charge in [0.15, 0.2) is 0 Å². The van der Waals surface area contributed by atoms with Crippen molar-refractivity contribution in [3.05, 3.63) is 33.0 Å². The van der Waals surface area contributed by atoms with Crippen LogP contribution in [0.4, 0.5) is 13.2 Å². The van der Waals surface area contributed by atoms with E-state index in [0.717, 1.165) is 16.8 Å². The number of aryl methyl sites for hydroxylation is 1. The summed E-state index contributed by atoms with van der Waals surface area (Å²) in [6.07, 6.45) is -0.398. The number of ether oxygens (including phenoxy) is 2. The van der Waals surface area contributed by atoms with E-state index in [0.29, 0.717) is 0 Å². The van der Waals surface area contributed by atoms with Crippen LogP contribution in [0.3, 0.4) is 0 Å². The normalized spacial score (nSPS) is 11.3. The number of nitrogens with zero attached hydrogens (tertiary/aromatic N) is 2.